The van der Waals surface area contributed by atoms with Crippen LogP contribution in [0.5, 0.6) is 0 Å². The van der Waals surface area contributed by atoms with Crippen molar-refractivity contribution in [3.8, 4) is 0 Å². The predicted octanol–water partition coefficient (Wildman–Crippen LogP) is 3.14. The number of rotatable bonds is 2. The van der Waals surface area contributed by atoms with Gasteiger partial charge in [-0.3, -0.25) is 4.79 Å². The summed E-state index contributed by atoms with van der Waals surface area (Å²) >= 11 is 0. The van der Waals surface area contributed by atoms with Crippen LogP contribution in [-0.2, 0) is 9.31 Å². The lowest BCUT2D eigenvalue weighted by Gasteiger charge is -2.33. The molecule has 0 aromatic heterocycles. The van der Waals surface area contributed by atoms with E-state index in [4.69, 9.17) is 9.31 Å². The highest BCUT2D eigenvalue weighted by Gasteiger charge is 2.51. The number of hydrogen-bond donors (Lipinski definition) is 0. The predicted molar refractivity (Wildman–Crippen MR) is 96.5 cm³/mol. The van der Waals surface area contributed by atoms with E-state index < -0.39 is 24.1 Å². The van der Waals surface area contributed by atoms with Gasteiger partial charge >= 0.3 is 7.12 Å². The molecule has 1 atom stereocenters. The van der Waals surface area contributed by atoms with Crippen molar-refractivity contribution >= 4 is 18.5 Å². The zero-order chi connectivity index (χ0) is 18.4. The molecule has 0 aliphatic carbocycles. The molecule has 0 radical (unpaired) electrons. The summed E-state index contributed by atoms with van der Waals surface area (Å²) in [5, 5.41) is 0. The Morgan fingerprint density at radius 3 is 2.40 bits per heavy atom. The number of piperidine rings is 1. The Morgan fingerprint density at radius 2 is 1.84 bits per heavy atom. The third kappa shape index (κ3) is 3.34. The van der Waals surface area contributed by atoms with Gasteiger partial charge in [0.2, 0.25) is 0 Å². The zero-order valence-corrected chi connectivity index (χ0v) is 15.8. The highest BCUT2D eigenvalue weighted by Crippen LogP contribution is 2.36. The molecule has 2 fully saturated rings. The molecule has 1 aromatic carbocycles. The van der Waals surface area contributed by atoms with Gasteiger partial charge in [0, 0.05) is 12.6 Å². The molecule has 6 heteroatoms. The van der Waals surface area contributed by atoms with Crippen LogP contribution in [-0.4, -0.2) is 41.7 Å². The number of hydrogen-bond acceptors (Lipinski definition) is 3. The molecule has 2 aliphatic rings. The van der Waals surface area contributed by atoms with Gasteiger partial charge in [0.1, 0.15) is 5.82 Å². The van der Waals surface area contributed by atoms with Crippen LogP contribution >= 0.6 is 0 Å². The molecule has 25 heavy (non-hydrogen) atoms. The second-order valence-corrected chi connectivity index (χ2v) is 8.17. The minimum absolute atomic E-state index is 0.119. The fourth-order valence-electron chi connectivity index (χ4n) is 3.39. The molecule has 2 saturated heterocycles. The van der Waals surface area contributed by atoms with Gasteiger partial charge in [-0.25, -0.2) is 4.39 Å². The molecule has 1 unspecified atom stereocenters. The number of likely N-dealkylation sites (tertiary alicyclic amines) is 1. The third-order valence-electron chi connectivity index (χ3n) is 5.81. The van der Waals surface area contributed by atoms with E-state index in [-0.39, 0.29) is 17.5 Å². The van der Waals surface area contributed by atoms with Gasteiger partial charge in [-0.1, -0.05) is 6.07 Å². The van der Waals surface area contributed by atoms with Crippen molar-refractivity contribution in [2.24, 2.45) is 0 Å². The van der Waals surface area contributed by atoms with Crippen molar-refractivity contribution in [2.75, 3.05) is 6.54 Å². The number of carbonyl (C=O) groups excluding carboxylic acids is 1. The summed E-state index contributed by atoms with van der Waals surface area (Å²) in [4.78, 5) is 14.5. The minimum atomic E-state index is -0.627. The average Bonchev–Trinajstić information content (AvgIpc) is 2.75. The maximum atomic E-state index is 14.7. The van der Waals surface area contributed by atoms with Crippen molar-refractivity contribution in [2.45, 2.75) is 71.1 Å². The van der Waals surface area contributed by atoms with Gasteiger partial charge in [0.25, 0.3) is 5.91 Å². The highest BCUT2D eigenvalue weighted by molar-refractivity contribution is 6.62. The lowest BCUT2D eigenvalue weighted by atomic mass is 9.78. The first-order valence-corrected chi connectivity index (χ1v) is 9.08. The molecule has 0 saturated carbocycles. The first-order chi connectivity index (χ1) is 11.6. The highest BCUT2D eigenvalue weighted by atomic mass is 19.1. The van der Waals surface area contributed by atoms with E-state index in [1.54, 1.807) is 17.0 Å². The van der Waals surface area contributed by atoms with Crippen LogP contribution in [0.1, 0.15) is 64.2 Å². The Balaban J connectivity index is 1.81. The summed E-state index contributed by atoms with van der Waals surface area (Å²) in [6, 6.07) is 4.81. The van der Waals surface area contributed by atoms with E-state index in [1.165, 1.54) is 6.07 Å². The van der Waals surface area contributed by atoms with E-state index in [0.717, 1.165) is 19.3 Å². The van der Waals surface area contributed by atoms with Crippen LogP contribution in [0.2, 0.25) is 0 Å². The SMILES string of the molecule is CC1CCCCN1C(=O)c1ccc(B2OC(C)(C)C(C)(C)O2)cc1F. The molecule has 4 nitrogen and oxygen atoms in total. The van der Waals surface area contributed by atoms with Gasteiger partial charge in [0.05, 0.1) is 16.8 Å². The molecule has 1 amide bonds. The van der Waals surface area contributed by atoms with E-state index in [1.807, 2.05) is 34.6 Å². The molecular weight excluding hydrogens is 320 g/mol. The topological polar surface area (TPSA) is 38.8 Å². The number of nitrogens with zero attached hydrogens (tertiary/aromatic N) is 1. The fourth-order valence-corrected chi connectivity index (χ4v) is 3.39. The first-order valence-electron chi connectivity index (χ1n) is 9.08. The van der Waals surface area contributed by atoms with Gasteiger partial charge in [-0.2, -0.15) is 0 Å². The van der Waals surface area contributed by atoms with Crippen LogP contribution in [0.15, 0.2) is 18.2 Å². The summed E-state index contributed by atoms with van der Waals surface area (Å²) in [5.74, 6) is -0.750. The Morgan fingerprint density at radius 1 is 1.20 bits per heavy atom. The van der Waals surface area contributed by atoms with Crippen molar-refractivity contribution < 1.29 is 18.5 Å². The fraction of sp³-hybridized carbons (Fsp3) is 0.632. The number of amides is 1. The molecule has 2 aliphatic heterocycles. The number of carbonyl (C=O) groups is 1. The molecule has 1 aromatic rings. The summed E-state index contributed by atoms with van der Waals surface area (Å²) in [7, 11) is -0.627. The van der Waals surface area contributed by atoms with Crippen LogP contribution < -0.4 is 5.46 Å². The van der Waals surface area contributed by atoms with Gasteiger partial charge in [0.15, 0.2) is 0 Å². The Labute approximate surface area is 149 Å². The number of halogens is 1. The average molecular weight is 347 g/mol. The third-order valence-corrected chi connectivity index (χ3v) is 5.81. The molecule has 2 heterocycles. The maximum absolute atomic E-state index is 14.7. The standard InChI is InChI=1S/C19H27BFNO3/c1-13-8-6-7-11-22(13)17(23)15-10-9-14(12-16(15)21)20-24-18(2,3)19(4,5)25-20/h9-10,12-13H,6-8,11H2,1-5H3. The summed E-state index contributed by atoms with van der Waals surface area (Å²) in [6.45, 7) is 10.5. The Kier molecular flexibility index (Phi) is 4.71. The summed E-state index contributed by atoms with van der Waals surface area (Å²) in [5.41, 5.74) is -0.244. The van der Waals surface area contributed by atoms with Gasteiger partial charge in [-0.05, 0) is 71.5 Å². The van der Waals surface area contributed by atoms with Crippen molar-refractivity contribution in [3.05, 3.63) is 29.6 Å². The van der Waals surface area contributed by atoms with E-state index >= 15 is 0 Å². The zero-order valence-electron chi connectivity index (χ0n) is 15.8. The molecular formula is C19H27BFNO3. The summed E-state index contributed by atoms with van der Waals surface area (Å²) < 4.78 is 26.6. The van der Waals surface area contributed by atoms with Crippen molar-refractivity contribution in [3.63, 3.8) is 0 Å². The van der Waals surface area contributed by atoms with Crippen molar-refractivity contribution in [1.82, 2.24) is 4.90 Å². The molecule has 0 bridgehead atoms. The quantitative estimate of drug-likeness (QED) is 0.772. The molecule has 136 valence electrons. The van der Waals surface area contributed by atoms with Crippen LogP contribution in [0.25, 0.3) is 0 Å². The van der Waals surface area contributed by atoms with Crippen molar-refractivity contribution in [1.29, 1.82) is 0 Å². The second-order valence-electron chi connectivity index (χ2n) is 8.17. The summed E-state index contributed by atoms with van der Waals surface area (Å²) in [6.07, 6.45) is 3.07. The monoisotopic (exact) mass is 347 g/mol. The lowest BCUT2D eigenvalue weighted by molar-refractivity contribution is 0.00578. The Bertz CT molecular complexity index is 661. The largest absolute Gasteiger partial charge is 0.494 e. The minimum Gasteiger partial charge on any atom is -0.399 e. The van der Waals surface area contributed by atoms with Crippen LogP contribution in [0, 0.1) is 5.82 Å². The lowest BCUT2D eigenvalue weighted by Crippen LogP contribution is -2.42. The maximum Gasteiger partial charge on any atom is 0.494 e. The second kappa shape index (κ2) is 6.40. The first kappa shape index (κ1) is 18.4. The Hall–Kier alpha value is -1.40. The van der Waals surface area contributed by atoms with E-state index in [2.05, 4.69) is 0 Å². The number of benzene rings is 1. The molecule has 0 spiro atoms. The molecule has 0 N–H and O–H groups in total. The smallest absolute Gasteiger partial charge is 0.399 e. The molecule has 3 rings (SSSR count). The van der Waals surface area contributed by atoms with Crippen LogP contribution in [0.3, 0.4) is 0 Å². The van der Waals surface area contributed by atoms with E-state index in [9.17, 15) is 9.18 Å². The van der Waals surface area contributed by atoms with Gasteiger partial charge in [-0.15, -0.1) is 0 Å². The van der Waals surface area contributed by atoms with Crippen LogP contribution in [0.4, 0.5) is 4.39 Å². The van der Waals surface area contributed by atoms with E-state index in [0.29, 0.717) is 12.0 Å². The van der Waals surface area contributed by atoms with Gasteiger partial charge < -0.3 is 14.2 Å². The normalized spacial score (nSPS) is 25.3.